The van der Waals surface area contributed by atoms with Crippen molar-refractivity contribution in [2.24, 2.45) is 0 Å². The van der Waals surface area contributed by atoms with Crippen LogP contribution in [0.25, 0.3) is 0 Å². The first-order chi connectivity index (χ1) is 9.60. The number of ether oxygens (including phenoxy) is 2. The Kier molecular flexibility index (Phi) is 4.86. The lowest BCUT2D eigenvalue weighted by Gasteiger charge is -2.32. The van der Waals surface area contributed by atoms with Crippen LogP contribution in [-0.4, -0.2) is 53.7 Å². The molecule has 0 saturated carbocycles. The van der Waals surface area contributed by atoms with Crippen LogP contribution in [0.4, 0.5) is 0 Å². The van der Waals surface area contributed by atoms with Gasteiger partial charge in [0.25, 0.3) is 5.56 Å². The summed E-state index contributed by atoms with van der Waals surface area (Å²) in [5.74, 6) is 0.388. The van der Waals surface area contributed by atoms with E-state index in [1.54, 1.807) is 11.8 Å². The molecule has 1 atom stereocenters. The first-order valence-corrected chi connectivity index (χ1v) is 6.65. The molecule has 20 heavy (non-hydrogen) atoms. The molecule has 1 fully saturated rings. The number of aryl methyl sites for hydroxylation is 1. The van der Waals surface area contributed by atoms with Crippen molar-refractivity contribution in [2.45, 2.75) is 20.0 Å². The molecule has 1 amide bonds. The highest BCUT2D eigenvalue weighted by molar-refractivity contribution is 5.77. The van der Waals surface area contributed by atoms with Crippen LogP contribution in [0.3, 0.4) is 0 Å². The third-order valence-corrected chi connectivity index (χ3v) is 3.04. The highest BCUT2D eigenvalue weighted by Crippen LogP contribution is 2.18. The summed E-state index contributed by atoms with van der Waals surface area (Å²) >= 11 is 0. The fourth-order valence-electron chi connectivity index (χ4n) is 2.08. The van der Waals surface area contributed by atoms with E-state index in [4.69, 9.17) is 9.47 Å². The number of nitrogens with one attached hydrogen (secondary N) is 1. The summed E-state index contributed by atoms with van der Waals surface area (Å²) in [7, 11) is 0. The van der Waals surface area contributed by atoms with Gasteiger partial charge in [0.1, 0.15) is 18.5 Å². The van der Waals surface area contributed by atoms with Crippen LogP contribution in [0.2, 0.25) is 0 Å². The third-order valence-electron chi connectivity index (χ3n) is 3.04. The number of aromatic amines is 1. The number of carbonyl (C=O) groups is 1. The fourth-order valence-corrected chi connectivity index (χ4v) is 2.08. The minimum absolute atomic E-state index is 0.0704. The Balaban J connectivity index is 2.06. The zero-order valence-corrected chi connectivity index (χ0v) is 11.7. The van der Waals surface area contributed by atoms with Crippen molar-refractivity contribution < 1.29 is 14.3 Å². The number of morpholine rings is 1. The molecule has 0 spiro atoms. The van der Waals surface area contributed by atoms with Gasteiger partial charge in [0.05, 0.1) is 13.2 Å². The number of nitrogens with zero attached hydrogens (tertiary/aromatic N) is 2. The molecule has 1 aliphatic heterocycles. The lowest BCUT2D eigenvalue weighted by molar-refractivity contribution is -0.144. The summed E-state index contributed by atoms with van der Waals surface area (Å²) in [6, 6.07) is 1.42. The van der Waals surface area contributed by atoms with E-state index in [1.165, 1.54) is 6.07 Å². The minimum atomic E-state index is -0.401. The largest absolute Gasteiger partial charge is 0.372 e. The topological polar surface area (TPSA) is 84.5 Å². The van der Waals surface area contributed by atoms with Crippen molar-refractivity contribution in [3.05, 3.63) is 27.9 Å². The molecular weight excluding hydrogens is 262 g/mol. The van der Waals surface area contributed by atoms with Crippen LogP contribution in [0.1, 0.15) is 24.5 Å². The molecule has 0 bridgehead atoms. The van der Waals surface area contributed by atoms with Gasteiger partial charge in [-0.25, -0.2) is 4.98 Å². The average molecular weight is 281 g/mol. The average Bonchev–Trinajstić information content (AvgIpc) is 2.44. The maximum Gasteiger partial charge on any atom is 0.251 e. The van der Waals surface area contributed by atoms with E-state index in [2.05, 4.69) is 9.97 Å². The predicted octanol–water partition coefficient (Wildman–Crippen LogP) is 0.0147. The molecule has 1 aliphatic rings. The van der Waals surface area contributed by atoms with E-state index >= 15 is 0 Å². The summed E-state index contributed by atoms with van der Waals surface area (Å²) in [5.41, 5.74) is 0.416. The first-order valence-electron chi connectivity index (χ1n) is 6.65. The lowest BCUT2D eigenvalue weighted by Crippen LogP contribution is -2.44. The second kappa shape index (κ2) is 6.62. The van der Waals surface area contributed by atoms with Crippen molar-refractivity contribution in [1.82, 2.24) is 14.9 Å². The van der Waals surface area contributed by atoms with Crippen LogP contribution >= 0.6 is 0 Å². The summed E-state index contributed by atoms with van der Waals surface area (Å²) in [5, 5.41) is 0. The van der Waals surface area contributed by atoms with E-state index < -0.39 is 6.10 Å². The van der Waals surface area contributed by atoms with Crippen molar-refractivity contribution in [3.8, 4) is 0 Å². The van der Waals surface area contributed by atoms with Crippen LogP contribution in [0, 0.1) is 6.92 Å². The molecule has 0 aromatic carbocycles. The molecule has 1 aromatic rings. The van der Waals surface area contributed by atoms with Gasteiger partial charge in [0, 0.05) is 24.9 Å². The number of rotatable bonds is 4. The molecule has 2 rings (SSSR count). The van der Waals surface area contributed by atoms with Gasteiger partial charge in [-0.1, -0.05) is 0 Å². The normalized spacial score (nSPS) is 19.1. The maximum atomic E-state index is 11.9. The van der Waals surface area contributed by atoms with Gasteiger partial charge < -0.3 is 19.4 Å². The summed E-state index contributed by atoms with van der Waals surface area (Å²) in [6.45, 7) is 5.49. The quantitative estimate of drug-likeness (QED) is 0.840. The molecule has 7 heteroatoms. The fraction of sp³-hybridized carbons (Fsp3) is 0.615. The van der Waals surface area contributed by atoms with Gasteiger partial charge in [-0.2, -0.15) is 0 Å². The summed E-state index contributed by atoms with van der Waals surface area (Å²) in [6.07, 6.45) is -0.401. The standard InChI is InChI=1S/C13H19N3O4/c1-3-19-8-12(18)16-4-5-20-10(7-16)13-14-9(2)6-11(17)15-13/h6,10H,3-5,7-8H2,1-2H3,(H,14,15,17)/t10-/m1/s1. The Hall–Kier alpha value is -1.73. The molecule has 0 aliphatic carbocycles. The molecule has 1 N–H and O–H groups in total. The zero-order valence-electron chi connectivity index (χ0n) is 11.7. The predicted molar refractivity (Wildman–Crippen MR) is 71.4 cm³/mol. The van der Waals surface area contributed by atoms with E-state index in [1.807, 2.05) is 6.92 Å². The minimum Gasteiger partial charge on any atom is -0.372 e. The highest BCUT2D eigenvalue weighted by Gasteiger charge is 2.26. The Labute approximate surface area is 116 Å². The number of hydrogen-bond donors (Lipinski definition) is 1. The lowest BCUT2D eigenvalue weighted by atomic mass is 10.2. The molecular formula is C13H19N3O4. The van der Waals surface area contributed by atoms with Gasteiger partial charge in [-0.15, -0.1) is 0 Å². The Morgan fingerprint density at radius 2 is 2.45 bits per heavy atom. The van der Waals surface area contributed by atoms with E-state index in [0.29, 0.717) is 37.8 Å². The van der Waals surface area contributed by atoms with Gasteiger partial charge in [0.15, 0.2) is 0 Å². The Morgan fingerprint density at radius 3 is 3.15 bits per heavy atom. The van der Waals surface area contributed by atoms with Crippen molar-refractivity contribution in [3.63, 3.8) is 0 Å². The molecule has 110 valence electrons. The van der Waals surface area contributed by atoms with Crippen molar-refractivity contribution >= 4 is 5.91 Å². The maximum absolute atomic E-state index is 11.9. The molecule has 0 unspecified atom stereocenters. The van der Waals surface area contributed by atoms with Gasteiger partial charge in [0.2, 0.25) is 5.91 Å². The van der Waals surface area contributed by atoms with Crippen molar-refractivity contribution in [1.29, 1.82) is 0 Å². The molecule has 0 radical (unpaired) electrons. The van der Waals surface area contributed by atoms with Crippen LogP contribution in [0.5, 0.6) is 0 Å². The SMILES string of the molecule is CCOCC(=O)N1CCO[C@@H](c2nc(C)cc(=O)[nH]2)C1. The number of carbonyl (C=O) groups excluding carboxylic acids is 1. The van der Waals surface area contributed by atoms with Gasteiger partial charge in [-0.05, 0) is 13.8 Å². The second-order valence-electron chi connectivity index (χ2n) is 4.61. The van der Waals surface area contributed by atoms with Crippen LogP contribution in [0.15, 0.2) is 10.9 Å². The monoisotopic (exact) mass is 281 g/mol. The third kappa shape index (κ3) is 3.64. The Morgan fingerprint density at radius 1 is 1.65 bits per heavy atom. The smallest absolute Gasteiger partial charge is 0.251 e. The Bertz CT molecular complexity index is 529. The number of hydrogen-bond acceptors (Lipinski definition) is 5. The summed E-state index contributed by atoms with van der Waals surface area (Å²) in [4.78, 5) is 32.0. The highest BCUT2D eigenvalue weighted by atomic mass is 16.5. The number of amides is 1. The first kappa shape index (κ1) is 14.7. The number of aromatic nitrogens is 2. The second-order valence-corrected chi connectivity index (χ2v) is 4.61. The molecule has 2 heterocycles. The molecule has 7 nitrogen and oxygen atoms in total. The van der Waals surface area contributed by atoms with E-state index in [9.17, 15) is 9.59 Å². The van der Waals surface area contributed by atoms with E-state index in [-0.39, 0.29) is 18.1 Å². The number of H-pyrrole nitrogens is 1. The van der Waals surface area contributed by atoms with Crippen LogP contribution in [-0.2, 0) is 14.3 Å². The zero-order chi connectivity index (χ0) is 14.5. The molecule has 1 aromatic heterocycles. The van der Waals surface area contributed by atoms with E-state index in [0.717, 1.165) is 0 Å². The molecule has 1 saturated heterocycles. The van der Waals surface area contributed by atoms with Gasteiger partial charge in [-0.3, -0.25) is 9.59 Å². The van der Waals surface area contributed by atoms with Gasteiger partial charge >= 0.3 is 0 Å². The summed E-state index contributed by atoms with van der Waals surface area (Å²) < 4.78 is 10.7. The van der Waals surface area contributed by atoms with Crippen molar-refractivity contribution in [2.75, 3.05) is 32.9 Å². The van der Waals surface area contributed by atoms with Crippen LogP contribution < -0.4 is 5.56 Å².